The molecule has 5 heteroatoms. The normalized spacial score (nSPS) is 9.70. The SMILES string of the molecule is C#CCN(C(=O)O)c1cc(C)c(OCC)c(OCC)c1. The van der Waals surface area contributed by atoms with E-state index in [0.717, 1.165) is 10.5 Å². The van der Waals surface area contributed by atoms with E-state index >= 15 is 0 Å². The summed E-state index contributed by atoms with van der Waals surface area (Å²) in [5.41, 5.74) is 1.27. The van der Waals surface area contributed by atoms with Crippen LogP contribution in [0.1, 0.15) is 19.4 Å². The number of carbonyl (C=O) groups is 1. The maximum Gasteiger partial charge on any atom is 0.412 e. The Labute approximate surface area is 119 Å². The fourth-order valence-electron chi connectivity index (χ4n) is 1.83. The number of benzene rings is 1. The fraction of sp³-hybridized carbons (Fsp3) is 0.400. The average Bonchev–Trinajstić information content (AvgIpc) is 2.39. The molecule has 0 aliphatic carbocycles. The van der Waals surface area contributed by atoms with Crippen molar-refractivity contribution in [3.05, 3.63) is 17.7 Å². The van der Waals surface area contributed by atoms with E-state index in [0.29, 0.717) is 30.4 Å². The van der Waals surface area contributed by atoms with Gasteiger partial charge in [0.05, 0.1) is 25.4 Å². The molecule has 0 atom stereocenters. The van der Waals surface area contributed by atoms with E-state index < -0.39 is 6.09 Å². The van der Waals surface area contributed by atoms with Gasteiger partial charge < -0.3 is 14.6 Å². The second-order valence-electron chi connectivity index (χ2n) is 4.03. The van der Waals surface area contributed by atoms with Gasteiger partial charge >= 0.3 is 6.09 Å². The van der Waals surface area contributed by atoms with Crippen molar-refractivity contribution >= 4 is 11.8 Å². The Bertz CT molecular complexity index is 519. The highest BCUT2D eigenvalue weighted by atomic mass is 16.5. The van der Waals surface area contributed by atoms with Gasteiger partial charge in [-0.1, -0.05) is 5.92 Å². The van der Waals surface area contributed by atoms with Crippen LogP contribution in [0.4, 0.5) is 10.5 Å². The van der Waals surface area contributed by atoms with E-state index in [1.54, 1.807) is 12.1 Å². The molecule has 1 rings (SSSR count). The van der Waals surface area contributed by atoms with Crippen molar-refractivity contribution in [2.24, 2.45) is 0 Å². The number of aryl methyl sites for hydroxylation is 1. The van der Waals surface area contributed by atoms with Gasteiger partial charge in [-0.25, -0.2) is 4.79 Å². The highest BCUT2D eigenvalue weighted by Gasteiger charge is 2.18. The number of hydrogen-bond acceptors (Lipinski definition) is 3. The van der Waals surface area contributed by atoms with Crippen molar-refractivity contribution in [2.45, 2.75) is 20.8 Å². The summed E-state index contributed by atoms with van der Waals surface area (Å²) in [5.74, 6) is 3.48. The van der Waals surface area contributed by atoms with E-state index in [2.05, 4.69) is 5.92 Å². The second-order valence-corrected chi connectivity index (χ2v) is 4.03. The number of ether oxygens (including phenoxy) is 2. The Morgan fingerprint density at radius 3 is 2.50 bits per heavy atom. The molecular weight excluding hydrogens is 258 g/mol. The van der Waals surface area contributed by atoms with Gasteiger partial charge in [-0.15, -0.1) is 6.42 Å². The molecule has 0 bridgehead atoms. The molecule has 0 spiro atoms. The van der Waals surface area contributed by atoms with E-state index in [1.165, 1.54) is 0 Å². The highest BCUT2D eigenvalue weighted by Crippen LogP contribution is 2.36. The van der Waals surface area contributed by atoms with E-state index in [1.807, 2.05) is 20.8 Å². The third-order valence-electron chi connectivity index (χ3n) is 2.61. The number of terminal acetylenes is 1. The van der Waals surface area contributed by atoms with Crippen LogP contribution in [0.2, 0.25) is 0 Å². The predicted molar refractivity (Wildman–Crippen MR) is 77.7 cm³/mol. The second kappa shape index (κ2) is 7.29. The molecular formula is C15H19NO4. The minimum Gasteiger partial charge on any atom is -0.490 e. The zero-order valence-electron chi connectivity index (χ0n) is 12.0. The predicted octanol–water partition coefficient (Wildman–Crippen LogP) is 2.91. The Kier molecular flexibility index (Phi) is 5.73. The van der Waals surface area contributed by atoms with E-state index in [4.69, 9.17) is 15.9 Å². The van der Waals surface area contributed by atoms with Crippen LogP contribution in [0, 0.1) is 19.3 Å². The van der Waals surface area contributed by atoms with Crippen LogP contribution in [-0.4, -0.2) is 31.0 Å². The summed E-state index contributed by atoms with van der Waals surface area (Å²) in [6, 6.07) is 3.35. The lowest BCUT2D eigenvalue weighted by molar-refractivity contribution is 0.202. The summed E-state index contributed by atoms with van der Waals surface area (Å²) in [5, 5.41) is 9.20. The Balaban J connectivity index is 3.28. The van der Waals surface area contributed by atoms with Gasteiger partial charge in [0.2, 0.25) is 0 Å². The van der Waals surface area contributed by atoms with Crippen molar-refractivity contribution < 1.29 is 19.4 Å². The van der Waals surface area contributed by atoms with Crippen LogP contribution in [-0.2, 0) is 0 Å². The van der Waals surface area contributed by atoms with Crippen LogP contribution < -0.4 is 14.4 Å². The first kappa shape index (κ1) is 15.7. The molecule has 1 N–H and O–H groups in total. The number of rotatable bonds is 6. The van der Waals surface area contributed by atoms with Crippen molar-refractivity contribution in [3.63, 3.8) is 0 Å². The van der Waals surface area contributed by atoms with Crippen molar-refractivity contribution in [3.8, 4) is 23.8 Å². The molecule has 0 fully saturated rings. The molecule has 0 radical (unpaired) electrons. The number of anilines is 1. The maximum atomic E-state index is 11.2. The summed E-state index contributed by atoms with van der Waals surface area (Å²) >= 11 is 0. The number of hydrogen-bond donors (Lipinski definition) is 1. The van der Waals surface area contributed by atoms with Gasteiger partial charge in [0.25, 0.3) is 0 Å². The average molecular weight is 277 g/mol. The fourth-order valence-corrected chi connectivity index (χ4v) is 1.83. The number of amides is 1. The molecule has 0 unspecified atom stereocenters. The molecule has 20 heavy (non-hydrogen) atoms. The maximum absolute atomic E-state index is 11.2. The Morgan fingerprint density at radius 2 is 2.00 bits per heavy atom. The molecule has 5 nitrogen and oxygen atoms in total. The number of carboxylic acid groups (broad SMARTS) is 1. The quantitative estimate of drug-likeness (QED) is 0.812. The monoisotopic (exact) mass is 277 g/mol. The first-order valence-electron chi connectivity index (χ1n) is 6.39. The Morgan fingerprint density at radius 1 is 1.35 bits per heavy atom. The largest absolute Gasteiger partial charge is 0.490 e. The molecule has 1 aromatic rings. The van der Waals surface area contributed by atoms with Gasteiger partial charge in [-0.3, -0.25) is 4.90 Å². The molecule has 108 valence electrons. The van der Waals surface area contributed by atoms with E-state index in [9.17, 15) is 9.90 Å². The molecule has 1 aromatic carbocycles. The smallest absolute Gasteiger partial charge is 0.412 e. The first-order chi connectivity index (χ1) is 9.54. The van der Waals surface area contributed by atoms with Gasteiger partial charge in [-0.2, -0.15) is 0 Å². The molecule has 0 aromatic heterocycles. The van der Waals surface area contributed by atoms with Crippen molar-refractivity contribution in [2.75, 3.05) is 24.7 Å². The molecule has 0 aliphatic heterocycles. The van der Waals surface area contributed by atoms with Gasteiger partial charge in [0, 0.05) is 6.07 Å². The summed E-state index contributed by atoms with van der Waals surface area (Å²) in [4.78, 5) is 12.3. The van der Waals surface area contributed by atoms with Crippen LogP contribution in [0.25, 0.3) is 0 Å². The zero-order chi connectivity index (χ0) is 15.1. The lowest BCUT2D eigenvalue weighted by atomic mass is 10.1. The van der Waals surface area contributed by atoms with Crippen LogP contribution in [0.5, 0.6) is 11.5 Å². The minimum absolute atomic E-state index is 0.0195. The summed E-state index contributed by atoms with van der Waals surface area (Å²) in [6.07, 6.45) is 4.10. The molecule has 1 amide bonds. The molecule has 0 saturated heterocycles. The molecule has 0 heterocycles. The number of nitrogens with zero attached hydrogens (tertiary/aromatic N) is 1. The van der Waals surface area contributed by atoms with Gasteiger partial charge in [0.15, 0.2) is 11.5 Å². The highest BCUT2D eigenvalue weighted by molar-refractivity contribution is 5.87. The summed E-state index contributed by atoms with van der Waals surface area (Å²) < 4.78 is 11.1. The topological polar surface area (TPSA) is 59.0 Å². The summed E-state index contributed by atoms with van der Waals surface area (Å²) in [7, 11) is 0. The van der Waals surface area contributed by atoms with Crippen molar-refractivity contribution in [1.82, 2.24) is 0 Å². The van der Waals surface area contributed by atoms with Crippen LogP contribution in [0.15, 0.2) is 12.1 Å². The van der Waals surface area contributed by atoms with Gasteiger partial charge in [-0.05, 0) is 32.4 Å². The minimum atomic E-state index is -1.10. The molecule has 0 aliphatic rings. The third-order valence-corrected chi connectivity index (χ3v) is 2.61. The van der Waals surface area contributed by atoms with Crippen molar-refractivity contribution in [1.29, 1.82) is 0 Å². The molecule has 0 saturated carbocycles. The van der Waals surface area contributed by atoms with Crippen LogP contribution in [0.3, 0.4) is 0 Å². The van der Waals surface area contributed by atoms with Crippen LogP contribution >= 0.6 is 0 Å². The third kappa shape index (κ3) is 3.58. The lowest BCUT2D eigenvalue weighted by Crippen LogP contribution is -2.29. The first-order valence-corrected chi connectivity index (χ1v) is 6.39. The van der Waals surface area contributed by atoms with E-state index in [-0.39, 0.29) is 6.54 Å². The Hall–Kier alpha value is -2.35. The summed E-state index contributed by atoms with van der Waals surface area (Å²) in [6.45, 7) is 6.53. The van der Waals surface area contributed by atoms with Gasteiger partial charge in [0.1, 0.15) is 0 Å². The lowest BCUT2D eigenvalue weighted by Gasteiger charge is -2.20. The standard InChI is InChI=1S/C15H19NO4/c1-5-8-16(15(17)18)12-9-11(4)14(20-7-3)13(10-12)19-6-2/h1,9-10H,6-8H2,2-4H3,(H,17,18). The zero-order valence-corrected chi connectivity index (χ0v) is 12.0.